The van der Waals surface area contributed by atoms with E-state index in [4.69, 9.17) is 25.3 Å². The Labute approximate surface area is 237 Å². The molecule has 0 N–H and O–H groups in total. The number of halogens is 1. The van der Waals surface area contributed by atoms with E-state index in [-0.39, 0.29) is 22.5 Å². The van der Waals surface area contributed by atoms with Gasteiger partial charge in [-0.2, -0.15) is 0 Å². The van der Waals surface area contributed by atoms with Crippen LogP contribution in [0.1, 0.15) is 85.0 Å². The molecule has 1 aliphatic heterocycles. The minimum Gasteiger partial charge on any atom is -0.406 e. The molecule has 5 rings (SSSR count). The molecule has 0 amide bonds. The lowest BCUT2D eigenvalue weighted by Crippen LogP contribution is -2.67. The van der Waals surface area contributed by atoms with E-state index in [1.54, 1.807) is 0 Å². The van der Waals surface area contributed by atoms with Gasteiger partial charge < -0.3 is 13.7 Å². The summed E-state index contributed by atoms with van der Waals surface area (Å²) in [7, 11) is -3.07. The predicted molar refractivity (Wildman–Crippen MR) is 162 cm³/mol. The van der Waals surface area contributed by atoms with Crippen LogP contribution in [-0.4, -0.2) is 39.5 Å². The average molecular weight is 553 g/mol. The molecule has 1 heterocycles. The topological polar surface area (TPSA) is 27.7 Å². The summed E-state index contributed by atoms with van der Waals surface area (Å²) >= 11 is 7.17. The first-order valence-corrected chi connectivity index (χ1v) is 17.4. The predicted octanol–water partition coefficient (Wildman–Crippen LogP) is 7.14. The van der Waals surface area contributed by atoms with Gasteiger partial charge in [0.15, 0.2) is 0 Å². The molecule has 2 saturated carbocycles. The summed E-state index contributed by atoms with van der Waals surface area (Å²) < 4.78 is 20.7. The maximum atomic E-state index is 7.17. The van der Waals surface area contributed by atoms with Crippen molar-refractivity contribution in [3.63, 3.8) is 0 Å². The largest absolute Gasteiger partial charge is 0.478 e. The van der Waals surface area contributed by atoms with Crippen molar-refractivity contribution in [2.45, 2.75) is 108 Å². The van der Waals surface area contributed by atoms with Gasteiger partial charge in [-0.25, -0.2) is 0 Å². The van der Waals surface area contributed by atoms with Crippen molar-refractivity contribution in [1.29, 1.82) is 0 Å². The SMILES string of the molecule is CC(C)(C)[Si](OC[C@H](Cl)B1O[C@@H](C2CCCCC2)[C@H](C2CCCCC2)O1)(c1ccccc1)c1ccccc1. The molecule has 6 heteroatoms. The first kappa shape index (κ1) is 28.4. The minimum absolute atomic E-state index is 0.0844. The maximum Gasteiger partial charge on any atom is 0.478 e. The minimum atomic E-state index is -2.66. The summed E-state index contributed by atoms with van der Waals surface area (Å²) in [6, 6.07) is 21.6. The highest BCUT2D eigenvalue weighted by atomic mass is 35.5. The van der Waals surface area contributed by atoms with Gasteiger partial charge >= 0.3 is 7.12 Å². The zero-order valence-electron chi connectivity index (χ0n) is 23.6. The molecule has 3 aliphatic rings. The zero-order valence-corrected chi connectivity index (χ0v) is 25.4. The standard InChI is InChI=1S/C32H46BClO3Si/c1-32(2,3)38(27-20-12-6-13-21-27,28-22-14-7-15-23-28)35-24-29(34)33-36-30(25-16-8-4-9-17-25)31(37-33)26-18-10-5-11-19-26/h6-7,12-15,20-23,25-26,29-31H,4-5,8-11,16-19,24H2,1-3H3/t29-,30-,31-/m0/s1. The van der Waals surface area contributed by atoms with E-state index in [1.165, 1.54) is 74.6 Å². The number of benzene rings is 2. The normalized spacial score (nSPS) is 25.0. The van der Waals surface area contributed by atoms with Gasteiger partial charge in [0.2, 0.25) is 0 Å². The molecule has 0 bridgehead atoms. The second-order valence-corrected chi connectivity index (χ2v) is 17.7. The monoisotopic (exact) mass is 552 g/mol. The Hall–Kier alpha value is -1.11. The number of rotatable bonds is 8. The van der Waals surface area contributed by atoms with Crippen molar-refractivity contribution >= 4 is 37.4 Å². The van der Waals surface area contributed by atoms with E-state index in [2.05, 4.69) is 81.4 Å². The molecular weight excluding hydrogens is 507 g/mol. The summed E-state index contributed by atoms with van der Waals surface area (Å²) in [5, 5.41) is 2.11. The highest BCUT2D eigenvalue weighted by Crippen LogP contribution is 2.42. The quantitative estimate of drug-likeness (QED) is 0.257. The maximum absolute atomic E-state index is 7.17. The fourth-order valence-electron chi connectivity index (χ4n) is 7.40. The van der Waals surface area contributed by atoms with Gasteiger partial charge in [-0.15, -0.1) is 11.6 Å². The lowest BCUT2D eigenvalue weighted by atomic mass is 9.77. The molecule has 2 aliphatic carbocycles. The van der Waals surface area contributed by atoms with Gasteiger partial charge in [-0.1, -0.05) is 120 Å². The molecule has 206 valence electrons. The summed E-state index contributed by atoms with van der Waals surface area (Å²) in [4.78, 5) is 0. The molecule has 2 aromatic carbocycles. The zero-order chi connectivity index (χ0) is 26.6. The number of alkyl halides is 1. The number of hydrogen-bond donors (Lipinski definition) is 0. The van der Waals surface area contributed by atoms with E-state index < -0.39 is 15.4 Å². The van der Waals surface area contributed by atoms with Crippen LogP contribution in [0.5, 0.6) is 0 Å². The van der Waals surface area contributed by atoms with Crippen molar-refractivity contribution in [2.24, 2.45) is 11.8 Å². The van der Waals surface area contributed by atoms with Crippen LogP contribution in [0, 0.1) is 11.8 Å². The van der Waals surface area contributed by atoms with Crippen LogP contribution < -0.4 is 10.4 Å². The first-order valence-electron chi connectivity index (χ1n) is 15.1. The lowest BCUT2D eigenvalue weighted by molar-refractivity contribution is 0.0324. The van der Waals surface area contributed by atoms with E-state index in [0.29, 0.717) is 18.4 Å². The Kier molecular flexibility index (Phi) is 9.42. The van der Waals surface area contributed by atoms with Crippen molar-refractivity contribution in [3.05, 3.63) is 60.7 Å². The van der Waals surface area contributed by atoms with Crippen LogP contribution in [-0.2, 0) is 13.7 Å². The highest BCUT2D eigenvalue weighted by molar-refractivity contribution is 6.99. The van der Waals surface area contributed by atoms with Crippen LogP contribution in [0.15, 0.2) is 60.7 Å². The van der Waals surface area contributed by atoms with Crippen LogP contribution in [0.3, 0.4) is 0 Å². The third kappa shape index (κ3) is 5.98. The van der Waals surface area contributed by atoms with E-state index >= 15 is 0 Å². The van der Waals surface area contributed by atoms with Crippen molar-refractivity contribution in [1.82, 2.24) is 0 Å². The fourth-order valence-corrected chi connectivity index (χ4v) is 12.3. The Balaban J connectivity index is 1.38. The molecule has 0 unspecified atom stereocenters. The van der Waals surface area contributed by atoms with E-state index in [1.807, 2.05) is 0 Å². The van der Waals surface area contributed by atoms with Gasteiger partial charge in [-0.3, -0.25) is 0 Å². The number of hydrogen-bond acceptors (Lipinski definition) is 3. The Morgan fingerprint density at radius 2 is 1.18 bits per heavy atom. The molecule has 0 radical (unpaired) electrons. The Morgan fingerprint density at radius 3 is 1.58 bits per heavy atom. The molecule has 2 aromatic rings. The van der Waals surface area contributed by atoms with Gasteiger partial charge in [0.1, 0.15) is 0 Å². The smallest absolute Gasteiger partial charge is 0.406 e. The molecule has 0 aromatic heterocycles. The molecule has 1 saturated heterocycles. The van der Waals surface area contributed by atoms with Crippen LogP contribution in [0.4, 0.5) is 0 Å². The van der Waals surface area contributed by atoms with Crippen molar-refractivity contribution < 1.29 is 13.7 Å². The molecular formula is C32H46BClO3Si. The van der Waals surface area contributed by atoms with Crippen LogP contribution in [0.25, 0.3) is 0 Å². The summed E-state index contributed by atoms with van der Waals surface area (Å²) in [5.74, 6) is 1.20. The second kappa shape index (κ2) is 12.6. The molecule has 0 spiro atoms. The van der Waals surface area contributed by atoms with Gasteiger partial charge in [-0.05, 0) is 52.9 Å². The third-order valence-corrected chi connectivity index (χ3v) is 14.6. The molecule has 3 atom stereocenters. The molecule has 3 fully saturated rings. The van der Waals surface area contributed by atoms with Gasteiger partial charge in [0, 0.05) is 6.61 Å². The van der Waals surface area contributed by atoms with Crippen molar-refractivity contribution in [3.8, 4) is 0 Å². The van der Waals surface area contributed by atoms with Crippen LogP contribution in [0.2, 0.25) is 5.04 Å². The second-order valence-electron chi connectivity index (χ2n) is 12.9. The molecule has 38 heavy (non-hydrogen) atoms. The van der Waals surface area contributed by atoms with Crippen LogP contribution >= 0.6 is 11.6 Å². The first-order chi connectivity index (χ1) is 18.4. The highest BCUT2D eigenvalue weighted by Gasteiger charge is 2.53. The average Bonchev–Trinajstić information content (AvgIpc) is 3.41. The summed E-state index contributed by atoms with van der Waals surface area (Å²) in [6.45, 7) is 7.34. The van der Waals surface area contributed by atoms with E-state index in [9.17, 15) is 0 Å². The molecule has 3 nitrogen and oxygen atoms in total. The summed E-state index contributed by atoms with van der Waals surface area (Å²) in [5.41, 5.74) is 0. The Morgan fingerprint density at radius 1 is 0.763 bits per heavy atom. The summed E-state index contributed by atoms with van der Waals surface area (Å²) in [6.07, 6.45) is 13.4. The van der Waals surface area contributed by atoms with Crippen molar-refractivity contribution in [2.75, 3.05) is 6.61 Å². The fraction of sp³-hybridized carbons (Fsp3) is 0.625. The Bertz CT molecular complexity index is 923. The lowest BCUT2D eigenvalue weighted by Gasteiger charge is -2.43. The third-order valence-electron chi connectivity index (χ3n) is 9.31. The van der Waals surface area contributed by atoms with E-state index in [0.717, 1.165) is 0 Å². The van der Waals surface area contributed by atoms with Gasteiger partial charge in [0.25, 0.3) is 8.32 Å². The van der Waals surface area contributed by atoms with Gasteiger partial charge in [0.05, 0.1) is 17.5 Å².